The molecule has 0 radical (unpaired) electrons. The third kappa shape index (κ3) is 3.74. The highest BCUT2D eigenvalue weighted by atomic mass is 16.6. The maximum atomic E-state index is 12.4. The van der Waals surface area contributed by atoms with E-state index in [1.54, 1.807) is 20.1 Å². The number of hydrogen-bond donors (Lipinski definition) is 0. The Balaban J connectivity index is 1.73. The van der Waals surface area contributed by atoms with Crippen LogP contribution in [0, 0.1) is 13.8 Å². The molecule has 0 amide bonds. The summed E-state index contributed by atoms with van der Waals surface area (Å²) in [6, 6.07) is 12.8. The molecule has 1 atom stereocenters. The Morgan fingerprint density at radius 3 is 2.46 bits per heavy atom. The van der Waals surface area contributed by atoms with Crippen molar-refractivity contribution in [2.45, 2.75) is 26.9 Å². The van der Waals surface area contributed by atoms with Crippen LogP contribution in [0.3, 0.4) is 0 Å². The van der Waals surface area contributed by atoms with Crippen LogP contribution >= 0.6 is 0 Å². The molecule has 0 unspecified atom stereocenters. The summed E-state index contributed by atoms with van der Waals surface area (Å²) in [4.78, 5) is 12.4. The van der Waals surface area contributed by atoms with Crippen molar-refractivity contribution < 1.29 is 18.7 Å². The van der Waals surface area contributed by atoms with Crippen LogP contribution in [0.2, 0.25) is 0 Å². The van der Waals surface area contributed by atoms with E-state index < -0.39 is 12.1 Å². The fourth-order valence-corrected chi connectivity index (χ4v) is 2.57. The first-order valence-electron chi connectivity index (χ1n) is 8.24. The van der Waals surface area contributed by atoms with Gasteiger partial charge in [-0.05, 0) is 56.7 Å². The van der Waals surface area contributed by atoms with Crippen molar-refractivity contribution in [3.63, 3.8) is 0 Å². The predicted molar refractivity (Wildman–Crippen MR) is 96.0 cm³/mol. The van der Waals surface area contributed by atoms with E-state index in [1.165, 1.54) is 0 Å². The van der Waals surface area contributed by atoms with Gasteiger partial charge in [-0.3, -0.25) is 0 Å². The molecule has 0 saturated carbocycles. The van der Waals surface area contributed by atoms with Crippen molar-refractivity contribution in [3.05, 3.63) is 65.0 Å². The van der Waals surface area contributed by atoms with Gasteiger partial charge in [-0.1, -0.05) is 17.7 Å². The van der Waals surface area contributed by atoms with Gasteiger partial charge in [0.15, 0.2) is 6.10 Å². The lowest BCUT2D eigenvalue weighted by Crippen LogP contribution is -2.11. The summed E-state index contributed by atoms with van der Waals surface area (Å²) < 4.78 is 16.3. The number of methoxy groups -OCH3 is 1. The van der Waals surface area contributed by atoms with Gasteiger partial charge in [-0.2, -0.15) is 0 Å². The summed E-state index contributed by atoms with van der Waals surface area (Å²) >= 11 is 0. The zero-order valence-electron chi connectivity index (χ0n) is 15.1. The van der Waals surface area contributed by atoms with Crippen LogP contribution < -0.4 is 4.74 Å². The smallest absolute Gasteiger partial charge is 0.339 e. The van der Waals surface area contributed by atoms with Crippen LogP contribution in [0.5, 0.6) is 5.75 Å². The molecule has 0 aliphatic carbocycles. The van der Waals surface area contributed by atoms with E-state index in [0.29, 0.717) is 11.5 Å². The topological polar surface area (TPSA) is 74.5 Å². The second kappa shape index (κ2) is 7.39. The summed E-state index contributed by atoms with van der Waals surface area (Å²) in [6.45, 7) is 5.55. The summed E-state index contributed by atoms with van der Waals surface area (Å²) in [6.07, 6.45) is -0.650. The number of benzene rings is 2. The Labute approximate surface area is 151 Å². The first-order chi connectivity index (χ1) is 12.5. The molecule has 134 valence electrons. The lowest BCUT2D eigenvalue weighted by atomic mass is 10.1. The fourth-order valence-electron chi connectivity index (χ4n) is 2.57. The van der Waals surface area contributed by atoms with Crippen LogP contribution in [0.4, 0.5) is 0 Å². The molecule has 1 heterocycles. The minimum Gasteiger partial charge on any atom is -0.497 e. The third-order valence-corrected chi connectivity index (χ3v) is 4.01. The molecule has 0 fully saturated rings. The summed E-state index contributed by atoms with van der Waals surface area (Å²) in [5.74, 6) is 0.925. The molecule has 0 aliphatic rings. The average Bonchev–Trinajstić information content (AvgIpc) is 3.12. The average molecular weight is 352 g/mol. The number of carbonyl (C=O) groups excluding carboxylic acids is 1. The molecule has 26 heavy (non-hydrogen) atoms. The van der Waals surface area contributed by atoms with Gasteiger partial charge in [-0.25, -0.2) is 4.79 Å². The Kier molecular flexibility index (Phi) is 5.02. The maximum absolute atomic E-state index is 12.4. The van der Waals surface area contributed by atoms with E-state index in [1.807, 2.05) is 50.2 Å². The van der Waals surface area contributed by atoms with Crippen molar-refractivity contribution >= 4 is 5.97 Å². The van der Waals surface area contributed by atoms with Gasteiger partial charge in [0.1, 0.15) is 5.75 Å². The Morgan fingerprint density at radius 2 is 1.81 bits per heavy atom. The molecule has 1 aromatic heterocycles. The molecule has 6 nitrogen and oxygen atoms in total. The van der Waals surface area contributed by atoms with Gasteiger partial charge >= 0.3 is 5.97 Å². The molecular formula is C20H20N2O4. The lowest BCUT2D eigenvalue weighted by molar-refractivity contribution is 0.0279. The Hall–Kier alpha value is -3.15. The summed E-state index contributed by atoms with van der Waals surface area (Å²) in [5, 5.41) is 8.02. The van der Waals surface area contributed by atoms with E-state index in [2.05, 4.69) is 10.2 Å². The van der Waals surface area contributed by atoms with Gasteiger partial charge in [-0.15, -0.1) is 10.2 Å². The van der Waals surface area contributed by atoms with Gasteiger partial charge in [0.05, 0.1) is 12.7 Å². The molecule has 3 rings (SSSR count). The lowest BCUT2D eigenvalue weighted by Gasteiger charge is -2.11. The largest absolute Gasteiger partial charge is 0.497 e. The number of rotatable bonds is 5. The number of nitrogens with zero attached hydrogens (tertiary/aromatic N) is 2. The SMILES string of the molecule is COc1ccc(-c2nnc([C@@H](C)OC(=O)c3ccc(C)cc3C)o2)cc1. The highest BCUT2D eigenvalue weighted by Crippen LogP contribution is 2.25. The van der Waals surface area contributed by atoms with Crippen LogP contribution in [0.1, 0.15) is 40.4 Å². The highest BCUT2D eigenvalue weighted by Gasteiger charge is 2.21. The molecular weight excluding hydrogens is 332 g/mol. The fraction of sp³-hybridized carbons (Fsp3) is 0.250. The van der Waals surface area contributed by atoms with Crippen molar-refractivity contribution in [2.24, 2.45) is 0 Å². The number of hydrogen-bond acceptors (Lipinski definition) is 6. The molecule has 6 heteroatoms. The van der Waals surface area contributed by atoms with E-state index >= 15 is 0 Å². The number of esters is 1. The van der Waals surface area contributed by atoms with E-state index in [4.69, 9.17) is 13.9 Å². The Morgan fingerprint density at radius 1 is 1.08 bits per heavy atom. The van der Waals surface area contributed by atoms with E-state index in [-0.39, 0.29) is 5.89 Å². The number of aryl methyl sites for hydroxylation is 2. The monoisotopic (exact) mass is 352 g/mol. The quantitative estimate of drug-likeness (QED) is 0.638. The Bertz CT molecular complexity index is 916. The highest BCUT2D eigenvalue weighted by molar-refractivity contribution is 5.91. The van der Waals surface area contributed by atoms with Gasteiger partial charge < -0.3 is 13.9 Å². The second-order valence-corrected chi connectivity index (χ2v) is 6.04. The molecule has 0 aliphatic heterocycles. The van der Waals surface area contributed by atoms with Crippen LogP contribution in [0.15, 0.2) is 46.9 Å². The maximum Gasteiger partial charge on any atom is 0.339 e. The number of ether oxygens (including phenoxy) is 2. The van der Waals surface area contributed by atoms with E-state index in [0.717, 1.165) is 22.4 Å². The van der Waals surface area contributed by atoms with E-state index in [9.17, 15) is 4.79 Å². The standard InChI is InChI=1S/C20H20N2O4/c1-12-5-10-17(13(2)11-12)20(23)25-14(3)18-21-22-19(26-18)15-6-8-16(24-4)9-7-15/h5-11,14H,1-4H3/t14-/m1/s1. The molecule has 0 bridgehead atoms. The number of aromatic nitrogens is 2. The molecule has 0 N–H and O–H groups in total. The molecule has 0 spiro atoms. The second-order valence-electron chi connectivity index (χ2n) is 6.04. The van der Waals surface area contributed by atoms with Crippen LogP contribution in [-0.4, -0.2) is 23.3 Å². The van der Waals surface area contributed by atoms with Crippen LogP contribution in [-0.2, 0) is 4.74 Å². The normalized spacial score (nSPS) is 11.8. The van der Waals surface area contributed by atoms with Gasteiger partial charge in [0.25, 0.3) is 5.89 Å². The third-order valence-electron chi connectivity index (χ3n) is 4.01. The number of carbonyl (C=O) groups is 1. The van der Waals surface area contributed by atoms with Gasteiger partial charge in [0, 0.05) is 5.56 Å². The molecule has 0 saturated heterocycles. The zero-order chi connectivity index (χ0) is 18.7. The van der Waals surface area contributed by atoms with Crippen molar-refractivity contribution in [3.8, 4) is 17.2 Å². The minimum atomic E-state index is -0.650. The van der Waals surface area contributed by atoms with Crippen molar-refractivity contribution in [1.29, 1.82) is 0 Å². The minimum absolute atomic E-state index is 0.244. The zero-order valence-corrected chi connectivity index (χ0v) is 15.1. The molecule has 3 aromatic rings. The summed E-state index contributed by atoms with van der Waals surface area (Å²) in [7, 11) is 1.60. The molecule has 2 aromatic carbocycles. The van der Waals surface area contributed by atoms with Gasteiger partial charge in [0.2, 0.25) is 5.89 Å². The van der Waals surface area contributed by atoms with Crippen molar-refractivity contribution in [2.75, 3.05) is 7.11 Å². The van der Waals surface area contributed by atoms with Crippen LogP contribution in [0.25, 0.3) is 11.5 Å². The summed E-state index contributed by atoms with van der Waals surface area (Å²) in [5.41, 5.74) is 3.24. The first-order valence-corrected chi connectivity index (χ1v) is 8.24. The first kappa shape index (κ1) is 17.7. The van der Waals surface area contributed by atoms with Crippen molar-refractivity contribution in [1.82, 2.24) is 10.2 Å². The predicted octanol–water partition coefficient (Wildman–Crippen LogP) is 4.28.